The molecule has 0 spiro atoms. The number of rotatable bonds is 5. The first-order valence-electron chi connectivity index (χ1n) is 17.1. The maximum Gasteiger partial charge on any atom is 0.410 e. The van der Waals surface area contributed by atoms with E-state index in [0.29, 0.717) is 36.5 Å². The maximum absolute atomic E-state index is 13.0. The minimum absolute atomic E-state index is 0.216. The molecule has 0 aliphatic heterocycles. The van der Waals surface area contributed by atoms with Crippen LogP contribution >= 0.6 is 0 Å². The summed E-state index contributed by atoms with van der Waals surface area (Å²) in [6.07, 6.45) is 4.65. The van der Waals surface area contributed by atoms with Crippen LogP contribution in [0.2, 0.25) is 0 Å². The van der Waals surface area contributed by atoms with E-state index in [4.69, 9.17) is 9.47 Å². The fourth-order valence-electron chi connectivity index (χ4n) is 8.05. The molecule has 8 heteroatoms. The van der Waals surface area contributed by atoms with Crippen molar-refractivity contribution in [3.8, 4) is 17.6 Å². The Kier molecular flexibility index (Phi) is 9.63. The van der Waals surface area contributed by atoms with Crippen molar-refractivity contribution in [3.63, 3.8) is 0 Å². The van der Waals surface area contributed by atoms with Crippen LogP contribution in [-0.4, -0.2) is 57.2 Å². The molecular formula is C39H52N2O6. The van der Waals surface area contributed by atoms with Crippen molar-refractivity contribution in [2.75, 3.05) is 13.1 Å². The Labute approximate surface area is 280 Å². The van der Waals surface area contributed by atoms with Gasteiger partial charge in [0.2, 0.25) is 0 Å². The Morgan fingerprint density at radius 3 is 2.36 bits per heavy atom. The zero-order valence-corrected chi connectivity index (χ0v) is 29.1. The van der Waals surface area contributed by atoms with Crippen LogP contribution in [0.15, 0.2) is 42.5 Å². The van der Waals surface area contributed by atoms with Gasteiger partial charge in [-0.25, -0.2) is 9.59 Å². The number of alkyl carbamates (subject to hydrolysis) is 1. The Balaban J connectivity index is 1.25. The molecule has 5 rings (SSSR count). The number of phenols is 1. The van der Waals surface area contributed by atoms with Crippen LogP contribution < -0.4 is 5.32 Å². The number of fused-ring (bicyclic) bond motifs is 5. The molecule has 3 N–H and O–H groups in total. The molecule has 0 radical (unpaired) electrons. The van der Waals surface area contributed by atoms with Crippen molar-refractivity contribution in [1.29, 1.82) is 0 Å². The molecule has 0 heterocycles. The van der Waals surface area contributed by atoms with E-state index in [9.17, 15) is 19.8 Å². The van der Waals surface area contributed by atoms with E-state index >= 15 is 0 Å². The SMILES string of the molecule is CC(C)(C)OC(=O)NCCN(Cc1ccc(C#C[C@]2(O)CC[C@H]3[C@@H]4CCc5cc(O)ccc5[C@H]4CC[C@@]32C)cc1)C(=O)OC(C)(C)C. The number of nitrogens with zero attached hydrogens (tertiary/aromatic N) is 1. The third kappa shape index (κ3) is 7.89. The first-order valence-corrected chi connectivity index (χ1v) is 17.1. The van der Waals surface area contributed by atoms with Crippen LogP contribution in [0.25, 0.3) is 0 Å². The molecule has 3 aliphatic rings. The Bertz CT molecular complexity index is 1530. The number of phenolic OH excluding ortho intramolecular Hbond substituents is 1. The van der Waals surface area contributed by atoms with Crippen LogP contribution in [-0.2, 0) is 22.4 Å². The Morgan fingerprint density at radius 1 is 0.979 bits per heavy atom. The van der Waals surface area contributed by atoms with Gasteiger partial charge in [-0.15, -0.1) is 0 Å². The van der Waals surface area contributed by atoms with Gasteiger partial charge in [0.15, 0.2) is 0 Å². The summed E-state index contributed by atoms with van der Waals surface area (Å²) in [4.78, 5) is 26.7. The first kappa shape index (κ1) is 34.6. The second-order valence-corrected chi connectivity index (χ2v) is 15.9. The molecule has 0 unspecified atom stereocenters. The topological polar surface area (TPSA) is 108 Å². The van der Waals surface area contributed by atoms with Gasteiger partial charge in [-0.2, -0.15) is 0 Å². The van der Waals surface area contributed by atoms with Gasteiger partial charge in [-0.05, 0) is 139 Å². The monoisotopic (exact) mass is 644 g/mol. The molecule has 47 heavy (non-hydrogen) atoms. The number of carbonyl (C=O) groups is 2. The van der Waals surface area contributed by atoms with E-state index in [2.05, 4.69) is 30.1 Å². The number of aliphatic hydroxyl groups is 1. The standard InChI is InChI=1S/C39H52N2O6/c1-36(2,3)46-34(43)40-22-23-41(35(44)47-37(4,5)6)25-27-10-8-26(9-11-27)16-20-39(45)21-18-33-32-14-12-28-24-29(42)13-15-30(28)31(32)17-19-38(33,39)7/h8-11,13,15,24,31-33,42,45H,12,14,17-19,21-23,25H2,1-7H3,(H,40,43)/t31-,32-,33+,38+,39+/m1/s1. The van der Waals surface area contributed by atoms with E-state index in [1.54, 1.807) is 25.7 Å². The summed E-state index contributed by atoms with van der Waals surface area (Å²) >= 11 is 0. The van der Waals surface area contributed by atoms with Gasteiger partial charge < -0.3 is 29.9 Å². The van der Waals surface area contributed by atoms with Crippen molar-refractivity contribution < 1.29 is 29.3 Å². The van der Waals surface area contributed by atoms with Crippen molar-refractivity contribution in [2.24, 2.45) is 17.3 Å². The summed E-state index contributed by atoms with van der Waals surface area (Å²) in [6.45, 7) is 13.9. The molecule has 2 aromatic rings. The number of carbonyl (C=O) groups excluding carboxylic acids is 2. The summed E-state index contributed by atoms with van der Waals surface area (Å²) < 4.78 is 10.9. The Hall–Kier alpha value is -3.70. The maximum atomic E-state index is 13.0. The summed E-state index contributed by atoms with van der Waals surface area (Å²) in [6, 6.07) is 13.6. The number of hydrogen-bond donors (Lipinski definition) is 3. The molecule has 2 fully saturated rings. The van der Waals surface area contributed by atoms with Crippen molar-refractivity contribution >= 4 is 12.2 Å². The summed E-state index contributed by atoms with van der Waals surface area (Å²) in [7, 11) is 0. The normalized spacial score (nSPS) is 26.5. The van der Waals surface area contributed by atoms with Gasteiger partial charge in [0, 0.05) is 30.6 Å². The summed E-state index contributed by atoms with van der Waals surface area (Å²) in [5, 5.41) is 24.7. The van der Waals surface area contributed by atoms with Gasteiger partial charge in [0.1, 0.15) is 22.6 Å². The predicted octanol–water partition coefficient (Wildman–Crippen LogP) is 7.29. The second-order valence-electron chi connectivity index (χ2n) is 15.9. The first-order chi connectivity index (χ1) is 22.0. The minimum atomic E-state index is -1.05. The molecule has 0 bridgehead atoms. The van der Waals surface area contributed by atoms with Crippen molar-refractivity contribution in [2.45, 2.75) is 116 Å². The highest BCUT2D eigenvalue weighted by Crippen LogP contribution is 2.64. The number of benzene rings is 2. The van der Waals surface area contributed by atoms with Gasteiger partial charge in [-0.1, -0.05) is 37.0 Å². The van der Waals surface area contributed by atoms with E-state index < -0.39 is 29.0 Å². The summed E-state index contributed by atoms with van der Waals surface area (Å²) in [5.74, 6) is 8.37. The highest BCUT2D eigenvalue weighted by molar-refractivity contribution is 5.69. The average molecular weight is 645 g/mol. The zero-order chi connectivity index (χ0) is 34.2. The number of nitrogens with one attached hydrogen (secondary N) is 1. The third-order valence-corrected chi connectivity index (χ3v) is 10.3. The van der Waals surface area contributed by atoms with Crippen LogP contribution in [0.4, 0.5) is 9.59 Å². The number of aromatic hydroxyl groups is 1. The van der Waals surface area contributed by atoms with Crippen molar-refractivity contribution in [3.05, 3.63) is 64.7 Å². The molecule has 2 saturated carbocycles. The van der Waals surface area contributed by atoms with Crippen LogP contribution in [0.5, 0.6) is 5.75 Å². The van der Waals surface area contributed by atoms with E-state index in [-0.39, 0.29) is 18.5 Å². The number of ether oxygens (including phenoxy) is 2. The van der Waals surface area contributed by atoms with Gasteiger partial charge in [0.25, 0.3) is 0 Å². The third-order valence-electron chi connectivity index (χ3n) is 10.3. The average Bonchev–Trinajstić information content (AvgIpc) is 3.24. The van der Waals surface area contributed by atoms with Crippen molar-refractivity contribution in [1.82, 2.24) is 10.2 Å². The predicted molar refractivity (Wildman–Crippen MR) is 182 cm³/mol. The minimum Gasteiger partial charge on any atom is -0.508 e. The number of hydrogen-bond acceptors (Lipinski definition) is 6. The molecule has 3 aliphatic carbocycles. The lowest BCUT2D eigenvalue weighted by Crippen LogP contribution is -2.50. The molecule has 0 aromatic heterocycles. The smallest absolute Gasteiger partial charge is 0.410 e. The summed E-state index contributed by atoms with van der Waals surface area (Å²) in [5.41, 5.74) is 1.78. The number of amides is 2. The molecule has 2 aromatic carbocycles. The molecule has 0 saturated heterocycles. The van der Waals surface area contributed by atoms with Crippen LogP contribution in [0, 0.1) is 29.1 Å². The molecule has 8 nitrogen and oxygen atoms in total. The zero-order valence-electron chi connectivity index (χ0n) is 29.1. The molecule has 2 amide bonds. The molecular weight excluding hydrogens is 592 g/mol. The van der Waals surface area contributed by atoms with Crippen LogP contribution in [0.1, 0.15) is 109 Å². The lowest BCUT2D eigenvalue weighted by molar-refractivity contribution is -0.0647. The Morgan fingerprint density at radius 2 is 1.68 bits per heavy atom. The van der Waals surface area contributed by atoms with Gasteiger partial charge in [0.05, 0.1) is 0 Å². The second kappa shape index (κ2) is 13.1. The van der Waals surface area contributed by atoms with E-state index in [0.717, 1.165) is 43.2 Å². The fraction of sp³-hybridized carbons (Fsp3) is 0.590. The number of aryl methyl sites for hydroxylation is 1. The highest BCUT2D eigenvalue weighted by atomic mass is 16.6. The quantitative estimate of drug-likeness (QED) is 0.295. The lowest BCUT2D eigenvalue weighted by Gasteiger charge is -2.52. The van der Waals surface area contributed by atoms with Gasteiger partial charge in [-0.3, -0.25) is 0 Å². The van der Waals surface area contributed by atoms with Crippen LogP contribution in [0.3, 0.4) is 0 Å². The van der Waals surface area contributed by atoms with E-state index in [1.807, 2.05) is 57.2 Å². The lowest BCUT2D eigenvalue weighted by atomic mass is 9.53. The molecule has 254 valence electrons. The van der Waals surface area contributed by atoms with E-state index in [1.165, 1.54) is 11.1 Å². The highest BCUT2D eigenvalue weighted by Gasteiger charge is 2.61. The molecule has 5 atom stereocenters. The largest absolute Gasteiger partial charge is 0.508 e. The van der Waals surface area contributed by atoms with Gasteiger partial charge >= 0.3 is 12.2 Å². The fourth-order valence-corrected chi connectivity index (χ4v) is 8.05.